The molecule has 2 aromatic rings. The molecule has 0 bridgehead atoms. The molecule has 5 nitrogen and oxygen atoms in total. The quantitative estimate of drug-likeness (QED) is 0.505. The molecule has 1 amide bonds. The van der Waals surface area contributed by atoms with E-state index in [0.717, 1.165) is 16.1 Å². The largest absolute Gasteiger partial charge is 0.311 e. The molecule has 1 aromatic heterocycles. The summed E-state index contributed by atoms with van der Waals surface area (Å²) in [6.45, 7) is 0.437. The average Bonchev–Trinajstić information content (AvgIpc) is 2.48. The van der Waals surface area contributed by atoms with E-state index < -0.39 is 5.91 Å². The van der Waals surface area contributed by atoms with E-state index in [0.29, 0.717) is 12.1 Å². The van der Waals surface area contributed by atoms with Crippen molar-refractivity contribution in [3.05, 3.63) is 74.6 Å². The van der Waals surface area contributed by atoms with Crippen LogP contribution >= 0.6 is 15.9 Å². The number of amides is 1. The predicted octanol–water partition coefficient (Wildman–Crippen LogP) is 2.18. The van der Waals surface area contributed by atoms with Gasteiger partial charge in [0.25, 0.3) is 11.5 Å². The summed E-state index contributed by atoms with van der Waals surface area (Å²) in [6.07, 6.45) is 4.15. The van der Waals surface area contributed by atoms with Gasteiger partial charge in [0.2, 0.25) is 0 Å². The lowest BCUT2D eigenvalue weighted by atomic mass is 10.2. The van der Waals surface area contributed by atoms with Crippen molar-refractivity contribution in [1.29, 1.82) is 0 Å². The van der Waals surface area contributed by atoms with Crippen LogP contribution in [-0.2, 0) is 11.3 Å². The molecule has 0 spiro atoms. The summed E-state index contributed by atoms with van der Waals surface area (Å²) in [6, 6.07) is 11.0. The fourth-order valence-corrected chi connectivity index (χ4v) is 2.29. The van der Waals surface area contributed by atoms with Crippen LogP contribution in [0, 0.1) is 0 Å². The lowest BCUT2D eigenvalue weighted by molar-refractivity contribution is -0.124. The van der Waals surface area contributed by atoms with E-state index >= 15 is 0 Å². The Morgan fingerprint density at radius 2 is 2.14 bits per heavy atom. The number of pyridine rings is 1. The molecule has 2 rings (SSSR count). The molecule has 1 aromatic carbocycles. The first kappa shape index (κ1) is 15.2. The number of hydrogen-bond acceptors (Lipinski definition) is 3. The van der Waals surface area contributed by atoms with Crippen LogP contribution in [0.2, 0.25) is 0 Å². The van der Waals surface area contributed by atoms with Crippen LogP contribution in [0.3, 0.4) is 0 Å². The van der Waals surface area contributed by atoms with Crippen LogP contribution in [0.25, 0.3) is 6.08 Å². The fraction of sp³-hybridized carbons (Fsp3) is 0.0667. The molecule has 0 unspecified atom stereocenters. The molecule has 0 atom stereocenters. The van der Waals surface area contributed by atoms with Gasteiger partial charge in [0.15, 0.2) is 0 Å². The SMILES string of the molecule is O=C(/C=C/c1cccn(Cc2cccc(Br)c2)c1=O)NO. The highest BCUT2D eigenvalue weighted by molar-refractivity contribution is 9.10. The number of rotatable bonds is 4. The highest BCUT2D eigenvalue weighted by atomic mass is 79.9. The van der Waals surface area contributed by atoms with E-state index in [1.54, 1.807) is 22.9 Å². The molecule has 0 aliphatic rings. The van der Waals surface area contributed by atoms with Gasteiger partial charge in [-0.2, -0.15) is 0 Å². The molecule has 0 aliphatic heterocycles. The minimum Gasteiger partial charge on any atom is -0.311 e. The van der Waals surface area contributed by atoms with Gasteiger partial charge in [0.05, 0.1) is 6.54 Å². The second-order valence-electron chi connectivity index (χ2n) is 4.34. The minimum absolute atomic E-state index is 0.209. The molecule has 0 aliphatic carbocycles. The van der Waals surface area contributed by atoms with Gasteiger partial charge in [0, 0.05) is 22.3 Å². The Morgan fingerprint density at radius 1 is 1.33 bits per heavy atom. The fourth-order valence-electron chi connectivity index (χ4n) is 1.84. The average molecular weight is 349 g/mol. The third-order valence-corrected chi connectivity index (χ3v) is 3.31. The van der Waals surface area contributed by atoms with Gasteiger partial charge in [-0.3, -0.25) is 14.8 Å². The van der Waals surface area contributed by atoms with E-state index in [-0.39, 0.29) is 5.56 Å². The number of aromatic nitrogens is 1. The zero-order valence-electron chi connectivity index (χ0n) is 11.0. The number of benzene rings is 1. The molecule has 0 fully saturated rings. The summed E-state index contributed by atoms with van der Waals surface area (Å²) in [5.41, 5.74) is 2.62. The Labute approximate surface area is 129 Å². The number of carbonyl (C=O) groups is 1. The maximum Gasteiger partial charge on any atom is 0.267 e. The van der Waals surface area contributed by atoms with Crippen molar-refractivity contribution in [1.82, 2.24) is 10.0 Å². The van der Waals surface area contributed by atoms with Crippen molar-refractivity contribution in [3.63, 3.8) is 0 Å². The van der Waals surface area contributed by atoms with Gasteiger partial charge >= 0.3 is 0 Å². The molecule has 108 valence electrons. The lowest BCUT2D eigenvalue weighted by Crippen LogP contribution is -2.22. The first-order chi connectivity index (χ1) is 10.1. The van der Waals surface area contributed by atoms with Gasteiger partial charge in [-0.1, -0.05) is 28.1 Å². The second kappa shape index (κ2) is 7.01. The Bertz CT molecular complexity index is 738. The van der Waals surface area contributed by atoms with Gasteiger partial charge in [-0.25, -0.2) is 5.48 Å². The lowest BCUT2D eigenvalue weighted by Gasteiger charge is -2.07. The molecule has 2 N–H and O–H groups in total. The van der Waals surface area contributed by atoms with Crippen LogP contribution in [0.1, 0.15) is 11.1 Å². The van der Waals surface area contributed by atoms with Crippen molar-refractivity contribution in [2.24, 2.45) is 0 Å². The van der Waals surface area contributed by atoms with Crippen molar-refractivity contribution < 1.29 is 10.0 Å². The molecule has 0 saturated heterocycles. The monoisotopic (exact) mass is 348 g/mol. The smallest absolute Gasteiger partial charge is 0.267 e. The summed E-state index contributed by atoms with van der Waals surface area (Å²) < 4.78 is 2.50. The Morgan fingerprint density at radius 3 is 2.86 bits per heavy atom. The van der Waals surface area contributed by atoms with Crippen molar-refractivity contribution >= 4 is 27.9 Å². The molecule has 21 heavy (non-hydrogen) atoms. The number of hydrogen-bond donors (Lipinski definition) is 2. The van der Waals surface area contributed by atoms with E-state index in [4.69, 9.17) is 5.21 Å². The highest BCUT2D eigenvalue weighted by Crippen LogP contribution is 2.12. The number of nitrogens with one attached hydrogen (secondary N) is 1. The molecule has 6 heteroatoms. The van der Waals surface area contributed by atoms with E-state index in [1.807, 2.05) is 24.3 Å². The van der Waals surface area contributed by atoms with E-state index in [9.17, 15) is 9.59 Å². The molecule has 0 saturated carbocycles. The Balaban J connectivity index is 2.28. The van der Waals surface area contributed by atoms with Crippen LogP contribution in [0.4, 0.5) is 0 Å². The number of hydroxylamine groups is 1. The van der Waals surface area contributed by atoms with Crippen molar-refractivity contribution in [2.45, 2.75) is 6.54 Å². The summed E-state index contributed by atoms with van der Waals surface area (Å²) in [4.78, 5) is 23.2. The second-order valence-corrected chi connectivity index (χ2v) is 5.25. The highest BCUT2D eigenvalue weighted by Gasteiger charge is 2.02. The van der Waals surface area contributed by atoms with Crippen molar-refractivity contribution in [3.8, 4) is 0 Å². The maximum absolute atomic E-state index is 12.3. The first-order valence-corrected chi connectivity index (χ1v) is 6.95. The normalized spacial score (nSPS) is 10.8. The summed E-state index contributed by atoms with van der Waals surface area (Å²) in [7, 11) is 0. The van der Waals surface area contributed by atoms with Gasteiger partial charge in [0.1, 0.15) is 0 Å². The van der Waals surface area contributed by atoms with Gasteiger partial charge < -0.3 is 4.57 Å². The van der Waals surface area contributed by atoms with E-state index in [1.165, 1.54) is 11.6 Å². The number of nitrogens with zero attached hydrogens (tertiary/aromatic N) is 1. The predicted molar refractivity (Wildman–Crippen MR) is 82.9 cm³/mol. The maximum atomic E-state index is 12.3. The molecule has 1 heterocycles. The van der Waals surface area contributed by atoms with Crippen LogP contribution < -0.4 is 11.0 Å². The molecular formula is C15H13BrN2O3. The summed E-state index contributed by atoms with van der Waals surface area (Å²) in [5, 5.41) is 8.42. The topological polar surface area (TPSA) is 71.3 Å². The molecular weight excluding hydrogens is 336 g/mol. The summed E-state index contributed by atoms with van der Waals surface area (Å²) >= 11 is 3.39. The van der Waals surface area contributed by atoms with Gasteiger partial charge in [-0.15, -0.1) is 0 Å². The van der Waals surface area contributed by atoms with Crippen LogP contribution in [-0.4, -0.2) is 15.7 Å². The van der Waals surface area contributed by atoms with Gasteiger partial charge in [-0.05, 0) is 35.9 Å². The zero-order chi connectivity index (χ0) is 15.2. The van der Waals surface area contributed by atoms with E-state index in [2.05, 4.69) is 15.9 Å². The third-order valence-electron chi connectivity index (χ3n) is 2.82. The Hall–Kier alpha value is -2.18. The summed E-state index contributed by atoms with van der Waals surface area (Å²) in [5.74, 6) is -0.684. The number of carbonyl (C=O) groups excluding carboxylic acids is 1. The standard InChI is InChI=1S/C15H13BrN2O3/c16-13-5-1-3-11(9-13)10-18-8-2-4-12(15(18)20)6-7-14(19)17-21/h1-9,21H,10H2,(H,17,19)/b7-6+. The third kappa shape index (κ3) is 4.14. The van der Waals surface area contributed by atoms with Crippen LogP contribution in [0.5, 0.6) is 0 Å². The van der Waals surface area contributed by atoms with Crippen LogP contribution in [0.15, 0.2) is 57.9 Å². The Kier molecular flexibility index (Phi) is 5.08. The zero-order valence-corrected chi connectivity index (χ0v) is 12.6. The molecule has 0 radical (unpaired) electrons. The first-order valence-electron chi connectivity index (χ1n) is 6.16. The minimum atomic E-state index is -0.684. The number of halogens is 1. The van der Waals surface area contributed by atoms with Crippen molar-refractivity contribution in [2.75, 3.05) is 0 Å².